The van der Waals surface area contributed by atoms with Crippen LogP contribution in [0.5, 0.6) is 0 Å². The third-order valence-corrected chi connectivity index (χ3v) is 6.55. The second-order valence-corrected chi connectivity index (χ2v) is 8.59. The van der Waals surface area contributed by atoms with E-state index in [1.54, 1.807) is 11.2 Å². The molecule has 0 radical (unpaired) electrons. The topological polar surface area (TPSA) is 65.0 Å². The van der Waals surface area contributed by atoms with E-state index in [9.17, 15) is 4.79 Å². The van der Waals surface area contributed by atoms with Gasteiger partial charge in [0.15, 0.2) is 0 Å². The number of hydrogen-bond donors (Lipinski definition) is 0. The largest absolute Gasteiger partial charge is 0.369 e. The van der Waals surface area contributed by atoms with E-state index in [-0.39, 0.29) is 18.6 Å². The Hall–Kier alpha value is -2.45. The molecule has 5 rings (SSSR count). The highest BCUT2D eigenvalue weighted by atomic mass is 16.5. The van der Waals surface area contributed by atoms with Gasteiger partial charge in [0.1, 0.15) is 18.8 Å². The lowest BCUT2D eigenvalue weighted by Crippen LogP contribution is -2.53. The van der Waals surface area contributed by atoms with Gasteiger partial charge in [0, 0.05) is 70.5 Å². The molecule has 3 saturated heterocycles. The molecule has 0 N–H and O–H groups in total. The van der Waals surface area contributed by atoms with Gasteiger partial charge < -0.3 is 19.4 Å². The van der Waals surface area contributed by atoms with E-state index in [1.807, 2.05) is 7.05 Å². The first-order valence-corrected chi connectivity index (χ1v) is 11.0. The first kappa shape index (κ1) is 19.5. The molecule has 3 aliphatic heterocycles. The van der Waals surface area contributed by atoms with Gasteiger partial charge in [0.25, 0.3) is 0 Å². The highest BCUT2D eigenvalue weighted by Gasteiger charge is 2.27. The van der Waals surface area contributed by atoms with Crippen LogP contribution in [0.1, 0.15) is 12.8 Å². The van der Waals surface area contributed by atoms with E-state index in [4.69, 9.17) is 4.74 Å². The van der Waals surface area contributed by atoms with Crippen LogP contribution in [0.15, 0.2) is 24.5 Å². The molecule has 2 aromatic rings. The number of fused-ring (bicyclic) bond motifs is 1. The summed E-state index contributed by atoms with van der Waals surface area (Å²) in [5.41, 5.74) is 2.26. The molecule has 0 aliphatic carbocycles. The zero-order valence-corrected chi connectivity index (χ0v) is 17.7. The second kappa shape index (κ2) is 8.35. The Morgan fingerprint density at radius 2 is 1.83 bits per heavy atom. The van der Waals surface area contributed by atoms with Crippen molar-refractivity contribution in [3.05, 3.63) is 24.5 Å². The maximum absolute atomic E-state index is 11.6. The van der Waals surface area contributed by atoms with Gasteiger partial charge in [-0.25, -0.2) is 9.97 Å². The number of benzene rings is 1. The van der Waals surface area contributed by atoms with Crippen molar-refractivity contribution in [2.45, 2.75) is 18.9 Å². The third-order valence-electron chi connectivity index (χ3n) is 6.55. The number of amides is 1. The van der Waals surface area contributed by atoms with Gasteiger partial charge in [-0.2, -0.15) is 0 Å². The highest BCUT2D eigenvalue weighted by molar-refractivity contribution is 5.92. The summed E-state index contributed by atoms with van der Waals surface area (Å²) in [7, 11) is 1.86. The van der Waals surface area contributed by atoms with Crippen molar-refractivity contribution < 1.29 is 9.53 Å². The average molecular weight is 411 g/mol. The second-order valence-electron chi connectivity index (χ2n) is 8.59. The van der Waals surface area contributed by atoms with Crippen LogP contribution in [0.25, 0.3) is 10.9 Å². The average Bonchev–Trinajstić information content (AvgIpc) is 3.31. The number of hydrogen-bond acceptors (Lipinski definition) is 7. The van der Waals surface area contributed by atoms with Crippen LogP contribution < -0.4 is 9.80 Å². The van der Waals surface area contributed by atoms with Crippen LogP contribution in [0, 0.1) is 0 Å². The SMILES string of the molecule is CN1CC(CN2CCN(c3ccc4ncnc(N5CCCC5)c4c3)CC2)OCC1=O. The number of carbonyl (C=O) groups excluding carboxylic acids is 1. The van der Waals surface area contributed by atoms with Crippen LogP contribution in [0.4, 0.5) is 11.5 Å². The lowest BCUT2D eigenvalue weighted by atomic mass is 10.1. The van der Waals surface area contributed by atoms with Gasteiger partial charge in [0.05, 0.1) is 11.6 Å². The monoisotopic (exact) mass is 410 g/mol. The lowest BCUT2D eigenvalue weighted by molar-refractivity contribution is -0.147. The summed E-state index contributed by atoms with van der Waals surface area (Å²) >= 11 is 0. The molecule has 160 valence electrons. The van der Waals surface area contributed by atoms with Crippen molar-refractivity contribution in [1.82, 2.24) is 19.8 Å². The van der Waals surface area contributed by atoms with Crippen molar-refractivity contribution in [1.29, 1.82) is 0 Å². The molecule has 1 amide bonds. The summed E-state index contributed by atoms with van der Waals surface area (Å²) in [6.07, 6.45) is 4.27. The number of rotatable bonds is 4. The van der Waals surface area contributed by atoms with Gasteiger partial charge in [0.2, 0.25) is 5.91 Å². The van der Waals surface area contributed by atoms with E-state index in [0.717, 1.165) is 62.5 Å². The number of nitrogens with zero attached hydrogens (tertiary/aromatic N) is 6. The molecule has 1 atom stereocenters. The van der Waals surface area contributed by atoms with Crippen molar-refractivity contribution in [3.8, 4) is 0 Å². The summed E-state index contributed by atoms with van der Waals surface area (Å²) in [6.45, 7) is 7.91. The fraction of sp³-hybridized carbons (Fsp3) is 0.591. The van der Waals surface area contributed by atoms with Gasteiger partial charge in [-0.1, -0.05) is 0 Å². The number of aromatic nitrogens is 2. The Bertz CT molecular complexity index is 908. The maximum atomic E-state index is 11.6. The van der Waals surface area contributed by atoms with E-state index in [0.29, 0.717) is 6.54 Å². The molecule has 3 aliphatic rings. The number of morpholine rings is 1. The quantitative estimate of drug-likeness (QED) is 0.751. The molecule has 0 saturated carbocycles. The smallest absolute Gasteiger partial charge is 0.248 e. The molecule has 0 spiro atoms. The summed E-state index contributed by atoms with van der Waals surface area (Å²) in [5.74, 6) is 1.15. The van der Waals surface area contributed by atoms with E-state index in [1.165, 1.54) is 18.5 Å². The summed E-state index contributed by atoms with van der Waals surface area (Å²) in [4.78, 5) is 29.8. The Labute approximate surface area is 177 Å². The molecular formula is C22H30N6O2. The molecule has 3 fully saturated rings. The Kier molecular flexibility index (Phi) is 5.43. The molecule has 8 heteroatoms. The van der Waals surface area contributed by atoms with E-state index < -0.39 is 0 Å². The van der Waals surface area contributed by atoms with Crippen LogP contribution in [0.3, 0.4) is 0 Å². The Morgan fingerprint density at radius 3 is 2.60 bits per heavy atom. The minimum atomic E-state index is 0.0738. The summed E-state index contributed by atoms with van der Waals surface area (Å²) < 4.78 is 5.72. The number of piperazine rings is 1. The first-order valence-electron chi connectivity index (χ1n) is 11.0. The van der Waals surface area contributed by atoms with Crippen LogP contribution in [0.2, 0.25) is 0 Å². The fourth-order valence-electron chi connectivity index (χ4n) is 4.76. The first-order chi connectivity index (χ1) is 14.7. The minimum absolute atomic E-state index is 0.0738. The number of likely N-dealkylation sites (N-methyl/N-ethyl adjacent to an activating group) is 1. The minimum Gasteiger partial charge on any atom is -0.369 e. The molecule has 4 heterocycles. The number of ether oxygens (including phenoxy) is 1. The normalized spacial score (nSPS) is 23.6. The van der Waals surface area contributed by atoms with Gasteiger partial charge in [-0.3, -0.25) is 9.69 Å². The Balaban J connectivity index is 1.25. The zero-order chi connectivity index (χ0) is 20.5. The summed E-state index contributed by atoms with van der Waals surface area (Å²) in [6, 6.07) is 6.58. The maximum Gasteiger partial charge on any atom is 0.248 e. The molecule has 1 aromatic heterocycles. The molecule has 1 aromatic carbocycles. The third kappa shape index (κ3) is 3.94. The van der Waals surface area contributed by atoms with Crippen LogP contribution in [-0.2, 0) is 9.53 Å². The molecule has 1 unspecified atom stereocenters. The van der Waals surface area contributed by atoms with Crippen LogP contribution >= 0.6 is 0 Å². The van der Waals surface area contributed by atoms with Crippen molar-refractivity contribution in [2.75, 3.05) is 75.8 Å². The van der Waals surface area contributed by atoms with Crippen molar-refractivity contribution in [3.63, 3.8) is 0 Å². The van der Waals surface area contributed by atoms with Crippen LogP contribution in [-0.4, -0.2) is 97.8 Å². The molecule has 30 heavy (non-hydrogen) atoms. The standard InChI is InChI=1S/C22H30N6O2/c1-25-13-18(30-15-21(25)29)14-26-8-10-27(11-9-26)17-4-5-20-19(12-17)22(24-16-23-20)28-6-2-3-7-28/h4-5,12,16,18H,2-3,6-11,13-15H2,1H3. The Morgan fingerprint density at radius 1 is 1.03 bits per heavy atom. The van der Waals surface area contributed by atoms with E-state index in [2.05, 4.69) is 42.9 Å². The number of carbonyl (C=O) groups is 1. The van der Waals surface area contributed by atoms with Crippen molar-refractivity contribution in [2.24, 2.45) is 0 Å². The predicted molar refractivity (Wildman–Crippen MR) is 117 cm³/mol. The summed E-state index contributed by atoms with van der Waals surface area (Å²) in [5, 5.41) is 1.16. The van der Waals surface area contributed by atoms with Gasteiger partial charge >= 0.3 is 0 Å². The van der Waals surface area contributed by atoms with Gasteiger partial charge in [-0.15, -0.1) is 0 Å². The molecule has 8 nitrogen and oxygen atoms in total. The highest BCUT2D eigenvalue weighted by Crippen LogP contribution is 2.30. The molecular weight excluding hydrogens is 380 g/mol. The van der Waals surface area contributed by atoms with Gasteiger partial charge in [-0.05, 0) is 31.0 Å². The van der Waals surface area contributed by atoms with E-state index >= 15 is 0 Å². The molecule has 0 bridgehead atoms. The fourth-order valence-corrected chi connectivity index (χ4v) is 4.76. The predicted octanol–water partition coefficient (Wildman–Crippen LogP) is 1.21. The number of anilines is 2. The van der Waals surface area contributed by atoms with Crippen molar-refractivity contribution >= 4 is 28.3 Å². The lowest BCUT2D eigenvalue weighted by Gasteiger charge is -2.39. The zero-order valence-electron chi connectivity index (χ0n) is 17.7.